The Kier molecular flexibility index (Phi) is 13.6. The molecule has 0 aromatic heterocycles. The predicted octanol–water partition coefficient (Wildman–Crippen LogP) is 3.58. The van der Waals surface area contributed by atoms with Crippen LogP contribution in [0, 0.1) is 12.3 Å². The van der Waals surface area contributed by atoms with Gasteiger partial charge in [-0.2, -0.15) is 0 Å². The minimum absolute atomic E-state index is 0.187. The van der Waals surface area contributed by atoms with E-state index in [1.54, 1.807) is 6.92 Å². The summed E-state index contributed by atoms with van der Waals surface area (Å²) >= 11 is 0. The van der Waals surface area contributed by atoms with E-state index in [2.05, 4.69) is 18.4 Å². The molecule has 1 aliphatic heterocycles. The Bertz CT molecular complexity index is 702. The number of carbonyl (C=O) groups excluding carboxylic acids is 3. The van der Waals surface area contributed by atoms with E-state index in [-0.39, 0.29) is 19.3 Å². The minimum Gasteiger partial charge on any atom is -0.455 e. The Morgan fingerprint density at radius 2 is 1.32 bits per heavy atom. The Hall–Kier alpha value is -1.76. The van der Waals surface area contributed by atoms with Crippen molar-refractivity contribution in [1.82, 2.24) is 0 Å². The number of carbonyl (C=O) groups is 3. The highest BCUT2D eigenvalue weighted by Gasteiger charge is 2.51. The molecule has 34 heavy (non-hydrogen) atoms. The quantitative estimate of drug-likeness (QED) is 0.202. The van der Waals surface area contributed by atoms with Gasteiger partial charge in [0.25, 0.3) is 0 Å². The maximum absolute atomic E-state index is 12.5. The summed E-state index contributed by atoms with van der Waals surface area (Å²) in [6.07, 6.45) is 7.45. The second kappa shape index (κ2) is 15.3. The molecule has 1 fully saturated rings. The third-order valence-electron chi connectivity index (χ3n) is 5.28. The first-order chi connectivity index (χ1) is 16.1. The lowest BCUT2D eigenvalue weighted by Gasteiger charge is -2.44. The highest BCUT2D eigenvalue weighted by atomic mass is 32.3. The molecular weight excluding hydrogens is 460 g/mol. The Morgan fingerprint density at radius 3 is 1.79 bits per heavy atom. The standard InChI is InChI=1S/C25H42O8S/c1-8-12-19(26)31-22-18(5)30-25(29-15-17-34(6,7)16-11-4)24(33-21(28)14-10-3)23(22)32-20(27)13-9-2/h4,18,22-25H,8-10,12-17H2,1-3,5-7H3/t18-,22-,23+,24+,25?/m0/s1. The van der Waals surface area contributed by atoms with E-state index >= 15 is 0 Å². The van der Waals surface area contributed by atoms with Crippen LogP contribution in [-0.4, -0.2) is 79.2 Å². The van der Waals surface area contributed by atoms with E-state index < -0.39 is 58.6 Å². The van der Waals surface area contributed by atoms with Crippen LogP contribution < -0.4 is 0 Å². The topological polar surface area (TPSA) is 97.4 Å². The van der Waals surface area contributed by atoms with E-state index in [1.165, 1.54) is 0 Å². The predicted molar refractivity (Wildman–Crippen MR) is 133 cm³/mol. The van der Waals surface area contributed by atoms with Gasteiger partial charge in [-0.15, -0.1) is 6.42 Å². The average molecular weight is 503 g/mol. The molecule has 196 valence electrons. The van der Waals surface area contributed by atoms with Gasteiger partial charge in [0.2, 0.25) is 0 Å². The number of terminal acetylenes is 1. The van der Waals surface area contributed by atoms with Crippen molar-refractivity contribution < 1.29 is 38.1 Å². The molecule has 0 aromatic rings. The summed E-state index contributed by atoms with van der Waals surface area (Å²) in [5.74, 6) is 2.74. The molecule has 8 nitrogen and oxygen atoms in total. The maximum Gasteiger partial charge on any atom is 0.306 e. The number of hydrogen-bond donors (Lipinski definition) is 0. The minimum atomic E-state index is -1.07. The van der Waals surface area contributed by atoms with Crippen LogP contribution in [0.4, 0.5) is 0 Å². The molecule has 0 aromatic carbocycles. The molecule has 1 rings (SSSR count). The summed E-state index contributed by atoms with van der Waals surface area (Å²) in [4.78, 5) is 37.2. The van der Waals surface area contributed by atoms with Crippen molar-refractivity contribution in [3.05, 3.63) is 0 Å². The first kappa shape index (κ1) is 30.3. The molecule has 0 bridgehead atoms. The summed E-state index contributed by atoms with van der Waals surface area (Å²) in [5, 5.41) is 0. The molecule has 0 spiro atoms. The largest absolute Gasteiger partial charge is 0.455 e. The van der Waals surface area contributed by atoms with E-state index in [4.69, 9.17) is 30.1 Å². The monoisotopic (exact) mass is 502 g/mol. The van der Waals surface area contributed by atoms with E-state index in [1.807, 2.05) is 20.8 Å². The van der Waals surface area contributed by atoms with Crippen molar-refractivity contribution in [3.8, 4) is 12.3 Å². The third kappa shape index (κ3) is 10.2. The van der Waals surface area contributed by atoms with Gasteiger partial charge in [-0.1, -0.05) is 26.7 Å². The molecule has 1 heterocycles. The second-order valence-electron chi connectivity index (χ2n) is 9.01. The van der Waals surface area contributed by atoms with Gasteiger partial charge in [0, 0.05) is 30.8 Å². The molecule has 9 heteroatoms. The van der Waals surface area contributed by atoms with Crippen LogP contribution in [0.1, 0.15) is 66.2 Å². The van der Waals surface area contributed by atoms with Crippen LogP contribution in [-0.2, 0) is 38.1 Å². The van der Waals surface area contributed by atoms with Crippen LogP contribution in [0.5, 0.6) is 0 Å². The van der Waals surface area contributed by atoms with Crippen molar-refractivity contribution in [1.29, 1.82) is 0 Å². The summed E-state index contributed by atoms with van der Waals surface area (Å²) in [6.45, 7) is 7.64. The van der Waals surface area contributed by atoms with Crippen LogP contribution in [0.15, 0.2) is 0 Å². The lowest BCUT2D eigenvalue weighted by molar-refractivity contribution is -0.300. The first-order valence-electron chi connectivity index (χ1n) is 12.1. The molecule has 1 saturated heterocycles. The fraction of sp³-hybridized carbons (Fsp3) is 0.800. The van der Waals surface area contributed by atoms with Gasteiger partial charge in [0.15, 0.2) is 24.6 Å². The molecule has 1 aliphatic rings. The third-order valence-corrected chi connectivity index (χ3v) is 7.50. The molecule has 0 aliphatic carbocycles. The lowest BCUT2D eigenvalue weighted by atomic mass is 9.98. The highest BCUT2D eigenvalue weighted by molar-refractivity contribution is 8.32. The van der Waals surface area contributed by atoms with Crippen LogP contribution in [0.2, 0.25) is 0 Å². The van der Waals surface area contributed by atoms with Gasteiger partial charge < -0.3 is 23.7 Å². The molecule has 1 unspecified atom stereocenters. The second-order valence-corrected chi connectivity index (χ2v) is 13.2. The first-order valence-corrected chi connectivity index (χ1v) is 14.8. The zero-order valence-electron chi connectivity index (χ0n) is 21.5. The van der Waals surface area contributed by atoms with Gasteiger partial charge in [0.1, 0.15) is 0 Å². The smallest absolute Gasteiger partial charge is 0.306 e. The molecule has 0 N–H and O–H groups in total. The molecule has 0 saturated carbocycles. The zero-order valence-corrected chi connectivity index (χ0v) is 22.3. The molecular formula is C25H42O8S. The number of esters is 3. The molecule has 0 amide bonds. The maximum atomic E-state index is 12.5. The number of rotatable bonds is 14. The zero-order chi connectivity index (χ0) is 25.7. The van der Waals surface area contributed by atoms with Crippen molar-refractivity contribution in [3.63, 3.8) is 0 Å². The van der Waals surface area contributed by atoms with Gasteiger partial charge >= 0.3 is 17.9 Å². The normalized spacial score (nSPS) is 25.1. The summed E-state index contributed by atoms with van der Waals surface area (Å²) in [6, 6.07) is 0. The lowest BCUT2D eigenvalue weighted by Crippen LogP contribution is -2.61. The van der Waals surface area contributed by atoms with E-state index in [0.717, 1.165) is 5.75 Å². The van der Waals surface area contributed by atoms with Gasteiger partial charge in [0.05, 0.1) is 12.7 Å². The van der Waals surface area contributed by atoms with Gasteiger partial charge in [-0.3, -0.25) is 14.4 Å². The van der Waals surface area contributed by atoms with Crippen molar-refractivity contribution >= 4 is 27.9 Å². The van der Waals surface area contributed by atoms with Gasteiger partial charge in [-0.05, 0) is 38.7 Å². The van der Waals surface area contributed by atoms with Crippen LogP contribution in [0.25, 0.3) is 0 Å². The Balaban J connectivity index is 3.18. The fourth-order valence-electron chi connectivity index (χ4n) is 3.46. The average Bonchev–Trinajstić information content (AvgIpc) is 2.73. The molecule has 0 radical (unpaired) electrons. The van der Waals surface area contributed by atoms with Crippen molar-refractivity contribution in [2.24, 2.45) is 0 Å². The van der Waals surface area contributed by atoms with Crippen molar-refractivity contribution in [2.75, 3.05) is 30.6 Å². The van der Waals surface area contributed by atoms with Gasteiger partial charge in [-0.25, -0.2) is 10.0 Å². The SMILES string of the molecule is C#CCS(C)(C)CCOC1O[C@@H](C)[C@H](OC(=O)CCC)[C@@H](OC(=O)CCC)[C@H]1OC(=O)CCC. The van der Waals surface area contributed by atoms with E-state index in [9.17, 15) is 14.4 Å². The number of ether oxygens (including phenoxy) is 5. The Morgan fingerprint density at radius 1 is 0.853 bits per heavy atom. The van der Waals surface area contributed by atoms with E-state index in [0.29, 0.717) is 31.6 Å². The summed E-state index contributed by atoms with van der Waals surface area (Å²) in [5.41, 5.74) is 0. The summed E-state index contributed by atoms with van der Waals surface area (Å²) in [7, 11) is -1.05. The Labute approximate surface area is 206 Å². The summed E-state index contributed by atoms with van der Waals surface area (Å²) < 4.78 is 29.1. The molecule has 5 atom stereocenters. The van der Waals surface area contributed by atoms with Crippen molar-refractivity contribution in [2.45, 2.75) is 96.9 Å². The van der Waals surface area contributed by atoms with Crippen LogP contribution >= 0.6 is 10.0 Å². The fourth-order valence-corrected chi connectivity index (χ4v) is 4.60. The number of hydrogen-bond acceptors (Lipinski definition) is 8. The highest BCUT2D eigenvalue weighted by Crippen LogP contribution is 2.39. The van der Waals surface area contributed by atoms with Crippen LogP contribution in [0.3, 0.4) is 0 Å².